The Balaban J connectivity index is 2.08. The van der Waals surface area contributed by atoms with Crippen LogP contribution in [0.1, 0.15) is 35.8 Å². The number of methoxy groups -OCH3 is 1. The van der Waals surface area contributed by atoms with Crippen LogP contribution in [0.15, 0.2) is 18.2 Å². The fourth-order valence-corrected chi connectivity index (χ4v) is 2.97. The highest BCUT2D eigenvalue weighted by atomic mass is 16.5. The molecule has 0 unspecified atom stereocenters. The Morgan fingerprint density at radius 1 is 1.29 bits per heavy atom. The van der Waals surface area contributed by atoms with Gasteiger partial charge in [-0.15, -0.1) is 0 Å². The van der Waals surface area contributed by atoms with Crippen LogP contribution >= 0.6 is 0 Å². The van der Waals surface area contributed by atoms with Crippen molar-refractivity contribution in [3.63, 3.8) is 0 Å². The Morgan fingerprint density at radius 2 is 2.14 bits per heavy atom. The van der Waals surface area contributed by atoms with Crippen LogP contribution in [-0.4, -0.2) is 18.3 Å². The first-order chi connectivity index (χ1) is 6.79. The largest absolute Gasteiger partial charge is 0.497 e. The first kappa shape index (κ1) is 8.30. The Morgan fingerprint density at radius 3 is 2.93 bits per heavy atom. The topological polar surface area (TPSA) is 29.5 Å². The van der Waals surface area contributed by atoms with Crippen LogP contribution in [0.2, 0.25) is 0 Å². The van der Waals surface area contributed by atoms with Gasteiger partial charge in [0.2, 0.25) is 0 Å². The lowest BCUT2D eigenvalue weighted by atomic mass is 9.90. The van der Waals surface area contributed by atoms with Crippen molar-refractivity contribution >= 4 is 0 Å². The number of ether oxygens (including phenoxy) is 1. The van der Waals surface area contributed by atoms with Crippen molar-refractivity contribution in [2.75, 3.05) is 7.11 Å². The second-order valence-electron chi connectivity index (χ2n) is 4.34. The zero-order chi connectivity index (χ0) is 9.71. The van der Waals surface area contributed by atoms with Crippen LogP contribution in [0.25, 0.3) is 0 Å². The van der Waals surface area contributed by atoms with Gasteiger partial charge in [0.25, 0.3) is 0 Å². The maximum Gasteiger partial charge on any atom is 0.119 e. The van der Waals surface area contributed by atoms with Gasteiger partial charge in [0.05, 0.1) is 13.2 Å². The van der Waals surface area contributed by atoms with E-state index in [1.807, 2.05) is 6.07 Å². The summed E-state index contributed by atoms with van der Waals surface area (Å²) in [5.74, 6) is 1.90. The van der Waals surface area contributed by atoms with Crippen LogP contribution in [0, 0.1) is 0 Å². The van der Waals surface area contributed by atoms with E-state index in [0.717, 1.165) is 18.6 Å². The predicted molar refractivity (Wildman–Crippen MR) is 53.7 cm³/mol. The summed E-state index contributed by atoms with van der Waals surface area (Å²) >= 11 is 0. The Labute approximate surface area is 83.5 Å². The van der Waals surface area contributed by atoms with Gasteiger partial charge in [-0.2, -0.15) is 0 Å². The second kappa shape index (κ2) is 2.74. The predicted octanol–water partition coefficient (Wildman–Crippen LogP) is 2.03. The van der Waals surface area contributed by atoms with Crippen molar-refractivity contribution in [1.82, 2.24) is 0 Å². The minimum Gasteiger partial charge on any atom is -0.497 e. The SMILES string of the molecule is COc1ccc2c(c1)[C@@H]1C[C@@H](O)[C@H]2C1. The van der Waals surface area contributed by atoms with Crippen molar-refractivity contribution in [3.05, 3.63) is 29.3 Å². The number of aliphatic hydroxyl groups is 1. The third-order valence-electron chi connectivity index (χ3n) is 3.66. The van der Waals surface area contributed by atoms with Crippen LogP contribution in [0.5, 0.6) is 5.75 Å². The van der Waals surface area contributed by atoms with Crippen molar-refractivity contribution in [3.8, 4) is 5.75 Å². The normalized spacial score (nSPS) is 33.1. The highest BCUT2D eigenvalue weighted by molar-refractivity contribution is 5.46. The van der Waals surface area contributed by atoms with Gasteiger partial charge in [-0.25, -0.2) is 0 Å². The van der Waals surface area contributed by atoms with Gasteiger partial charge in [0.1, 0.15) is 5.75 Å². The third-order valence-corrected chi connectivity index (χ3v) is 3.66. The van der Waals surface area contributed by atoms with Crippen molar-refractivity contribution in [2.24, 2.45) is 0 Å². The van der Waals surface area contributed by atoms with E-state index in [1.165, 1.54) is 11.1 Å². The van der Waals surface area contributed by atoms with Gasteiger partial charge in [-0.1, -0.05) is 6.07 Å². The maximum atomic E-state index is 9.76. The molecule has 2 aliphatic rings. The molecule has 1 N–H and O–H groups in total. The van der Waals surface area contributed by atoms with E-state index in [-0.39, 0.29) is 6.10 Å². The lowest BCUT2D eigenvalue weighted by Crippen LogP contribution is -2.14. The molecule has 3 atom stereocenters. The molecule has 1 aromatic carbocycles. The monoisotopic (exact) mass is 190 g/mol. The second-order valence-corrected chi connectivity index (χ2v) is 4.34. The molecule has 0 aliphatic heterocycles. The van der Waals surface area contributed by atoms with E-state index in [0.29, 0.717) is 11.8 Å². The third kappa shape index (κ3) is 0.947. The number of fused-ring (bicyclic) bond motifs is 5. The highest BCUT2D eigenvalue weighted by Gasteiger charge is 2.42. The van der Waals surface area contributed by atoms with Crippen LogP contribution in [0.4, 0.5) is 0 Å². The van der Waals surface area contributed by atoms with Crippen molar-refractivity contribution < 1.29 is 9.84 Å². The van der Waals surface area contributed by atoms with E-state index >= 15 is 0 Å². The van der Waals surface area contributed by atoms with Gasteiger partial charge in [0.15, 0.2) is 0 Å². The van der Waals surface area contributed by atoms with Gasteiger partial charge in [-0.05, 0) is 42.0 Å². The number of hydrogen-bond acceptors (Lipinski definition) is 2. The highest BCUT2D eigenvalue weighted by Crippen LogP contribution is 2.53. The Bertz CT molecular complexity index is 373. The zero-order valence-corrected chi connectivity index (χ0v) is 8.23. The van der Waals surface area contributed by atoms with Crippen LogP contribution < -0.4 is 4.74 Å². The molecule has 0 amide bonds. The minimum absolute atomic E-state index is 0.110. The molecule has 0 spiro atoms. The van der Waals surface area contributed by atoms with Gasteiger partial charge < -0.3 is 9.84 Å². The fraction of sp³-hybridized carbons (Fsp3) is 0.500. The van der Waals surface area contributed by atoms with Crippen LogP contribution in [-0.2, 0) is 0 Å². The molecule has 0 saturated heterocycles. The van der Waals surface area contributed by atoms with Crippen molar-refractivity contribution in [1.29, 1.82) is 0 Å². The van der Waals surface area contributed by atoms with Crippen molar-refractivity contribution in [2.45, 2.75) is 30.8 Å². The smallest absolute Gasteiger partial charge is 0.119 e. The quantitative estimate of drug-likeness (QED) is 0.734. The molecule has 74 valence electrons. The standard InChI is InChI=1S/C12H14O2/c1-14-8-2-3-9-10(6-8)7-4-11(9)12(13)5-7/h2-3,6-7,11-13H,4-5H2,1H3/t7-,11-,12+/m0/s1. The molecule has 2 nitrogen and oxygen atoms in total. The van der Waals surface area contributed by atoms with E-state index in [2.05, 4.69) is 12.1 Å². The van der Waals surface area contributed by atoms with E-state index < -0.39 is 0 Å². The van der Waals surface area contributed by atoms with Gasteiger partial charge in [-0.3, -0.25) is 0 Å². The molecular formula is C12H14O2. The molecule has 0 aromatic heterocycles. The van der Waals surface area contributed by atoms with E-state index in [1.54, 1.807) is 7.11 Å². The number of rotatable bonds is 1. The molecule has 1 saturated carbocycles. The summed E-state index contributed by atoms with van der Waals surface area (Å²) < 4.78 is 5.21. The number of aliphatic hydroxyl groups excluding tert-OH is 1. The summed E-state index contributed by atoms with van der Waals surface area (Å²) in [6.45, 7) is 0. The Kier molecular flexibility index (Phi) is 1.62. The first-order valence-corrected chi connectivity index (χ1v) is 5.15. The van der Waals surface area contributed by atoms with E-state index in [9.17, 15) is 5.11 Å². The first-order valence-electron chi connectivity index (χ1n) is 5.15. The molecule has 0 radical (unpaired) electrons. The maximum absolute atomic E-state index is 9.76. The molecule has 2 bridgehead atoms. The number of benzene rings is 1. The Hall–Kier alpha value is -1.02. The number of hydrogen-bond donors (Lipinski definition) is 1. The molecule has 1 fully saturated rings. The summed E-state index contributed by atoms with van der Waals surface area (Å²) in [5, 5.41) is 9.76. The van der Waals surface area contributed by atoms with E-state index in [4.69, 9.17) is 4.74 Å². The average molecular weight is 190 g/mol. The van der Waals surface area contributed by atoms with Gasteiger partial charge in [0, 0.05) is 5.92 Å². The molecule has 3 rings (SSSR count). The molecule has 2 heteroatoms. The van der Waals surface area contributed by atoms with Crippen LogP contribution in [0.3, 0.4) is 0 Å². The molecular weight excluding hydrogens is 176 g/mol. The molecule has 2 aliphatic carbocycles. The minimum atomic E-state index is -0.110. The summed E-state index contributed by atoms with van der Waals surface area (Å²) in [7, 11) is 1.70. The summed E-state index contributed by atoms with van der Waals surface area (Å²) in [4.78, 5) is 0. The average Bonchev–Trinajstić information content (AvgIpc) is 2.74. The summed E-state index contributed by atoms with van der Waals surface area (Å²) in [6, 6.07) is 6.24. The molecule has 1 aromatic rings. The van der Waals surface area contributed by atoms with Gasteiger partial charge >= 0.3 is 0 Å². The zero-order valence-electron chi connectivity index (χ0n) is 8.23. The summed E-state index contributed by atoms with van der Waals surface area (Å²) in [5.41, 5.74) is 2.74. The lowest BCUT2D eigenvalue weighted by Gasteiger charge is -2.20. The lowest BCUT2D eigenvalue weighted by molar-refractivity contribution is 0.158. The molecule has 14 heavy (non-hydrogen) atoms. The molecule has 0 heterocycles. The summed E-state index contributed by atoms with van der Waals surface area (Å²) in [6.07, 6.45) is 1.95. The fourth-order valence-electron chi connectivity index (χ4n) is 2.97.